The van der Waals surface area contributed by atoms with Crippen LogP contribution in [0.2, 0.25) is 0 Å². The maximum Gasteiger partial charge on any atom is 0.335 e. The van der Waals surface area contributed by atoms with Crippen molar-refractivity contribution in [2.24, 2.45) is 5.92 Å². The number of carboxylic acid groups (broad SMARTS) is 1. The number of aryl methyl sites for hydroxylation is 1. The lowest BCUT2D eigenvalue weighted by molar-refractivity contribution is 0.0513. The van der Waals surface area contributed by atoms with Crippen LogP contribution >= 0.6 is 0 Å². The molecule has 6 heteroatoms. The summed E-state index contributed by atoms with van der Waals surface area (Å²) in [7, 11) is 0. The van der Waals surface area contributed by atoms with Gasteiger partial charge >= 0.3 is 5.97 Å². The van der Waals surface area contributed by atoms with Gasteiger partial charge < -0.3 is 14.4 Å². The molecule has 1 amide bonds. The topological polar surface area (TPSA) is 83.6 Å². The number of likely N-dealkylation sites (tertiary alicyclic amines) is 1. The van der Waals surface area contributed by atoms with Crippen molar-refractivity contribution in [2.75, 3.05) is 6.54 Å². The zero-order chi connectivity index (χ0) is 18.0. The Morgan fingerprint density at radius 3 is 2.84 bits per heavy atom. The van der Waals surface area contributed by atoms with Gasteiger partial charge in [-0.15, -0.1) is 0 Å². The smallest absolute Gasteiger partial charge is 0.335 e. The first kappa shape index (κ1) is 17.2. The van der Waals surface area contributed by atoms with Crippen molar-refractivity contribution >= 4 is 11.9 Å². The van der Waals surface area contributed by atoms with Gasteiger partial charge in [-0.1, -0.05) is 13.8 Å². The number of amides is 1. The molecule has 0 aromatic carbocycles. The minimum absolute atomic E-state index is 0.0616. The highest BCUT2D eigenvalue weighted by Crippen LogP contribution is 2.35. The normalized spacial score (nSPS) is 20.5. The maximum absolute atomic E-state index is 13.0. The van der Waals surface area contributed by atoms with Gasteiger partial charge in [0.1, 0.15) is 17.2 Å². The third-order valence-electron chi connectivity index (χ3n) is 4.71. The average molecular weight is 342 g/mol. The Bertz CT molecular complexity index is 783. The summed E-state index contributed by atoms with van der Waals surface area (Å²) in [6.45, 7) is 4.80. The molecule has 1 saturated heterocycles. The van der Waals surface area contributed by atoms with Crippen molar-refractivity contribution in [2.45, 2.75) is 39.2 Å². The summed E-state index contributed by atoms with van der Waals surface area (Å²) >= 11 is 0. The second-order valence-corrected chi connectivity index (χ2v) is 6.54. The van der Waals surface area contributed by atoms with Crippen LogP contribution < -0.4 is 0 Å². The zero-order valence-corrected chi connectivity index (χ0v) is 14.4. The summed E-state index contributed by atoms with van der Waals surface area (Å²) < 4.78 is 5.89. The van der Waals surface area contributed by atoms with Crippen molar-refractivity contribution in [3.8, 4) is 0 Å². The van der Waals surface area contributed by atoms with E-state index in [0.717, 1.165) is 30.8 Å². The van der Waals surface area contributed by atoms with Crippen LogP contribution in [0.4, 0.5) is 0 Å². The molecule has 2 atom stereocenters. The minimum Gasteiger partial charge on any atom is -0.478 e. The number of pyridine rings is 1. The van der Waals surface area contributed by atoms with Gasteiger partial charge in [0.2, 0.25) is 0 Å². The fraction of sp³-hybridized carbons (Fsp3) is 0.421. The fourth-order valence-corrected chi connectivity index (χ4v) is 3.25. The Hall–Kier alpha value is -2.63. The minimum atomic E-state index is -1.07. The van der Waals surface area contributed by atoms with Gasteiger partial charge in [-0.2, -0.15) is 0 Å². The molecule has 1 aliphatic heterocycles. The Labute approximate surface area is 146 Å². The molecule has 6 nitrogen and oxygen atoms in total. The number of carboxylic acids is 1. The third-order valence-corrected chi connectivity index (χ3v) is 4.71. The highest BCUT2D eigenvalue weighted by Gasteiger charge is 2.34. The second-order valence-electron chi connectivity index (χ2n) is 6.54. The summed E-state index contributed by atoms with van der Waals surface area (Å²) in [5.41, 5.74) is 0.216. The van der Waals surface area contributed by atoms with Crippen LogP contribution in [0.15, 0.2) is 34.9 Å². The molecule has 2 aromatic rings. The van der Waals surface area contributed by atoms with Crippen molar-refractivity contribution in [3.05, 3.63) is 53.2 Å². The molecule has 3 rings (SSSR count). The molecule has 3 heterocycles. The number of piperidine rings is 1. The van der Waals surface area contributed by atoms with E-state index >= 15 is 0 Å². The summed E-state index contributed by atoms with van der Waals surface area (Å²) in [4.78, 5) is 30.0. The van der Waals surface area contributed by atoms with E-state index in [1.54, 1.807) is 4.90 Å². The summed E-state index contributed by atoms with van der Waals surface area (Å²) in [6, 6.07) is 6.45. The van der Waals surface area contributed by atoms with Crippen molar-refractivity contribution < 1.29 is 19.1 Å². The number of carbonyl (C=O) groups is 2. The Kier molecular flexibility index (Phi) is 4.88. The number of furan rings is 1. The van der Waals surface area contributed by atoms with Crippen molar-refractivity contribution in [1.29, 1.82) is 0 Å². The standard InChI is InChI=1S/C19H22N2O4/c1-3-14-4-5-17(25-14)16-10-12(2)7-9-21(16)18(22)15-11-13(19(23)24)6-8-20-15/h4-6,8,11-12,16H,3,7,9-10H2,1-2H3,(H,23,24). The van der Waals surface area contributed by atoms with E-state index in [0.29, 0.717) is 12.5 Å². The van der Waals surface area contributed by atoms with E-state index in [9.17, 15) is 9.59 Å². The summed E-state index contributed by atoms with van der Waals surface area (Å²) in [5.74, 6) is 0.841. The molecule has 2 unspecified atom stereocenters. The Morgan fingerprint density at radius 2 is 2.16 bits per heavy atom. The molecule has 0 spiro atoms. The highest BCUT2D eigenvalue weighted by atomic mass is 16.4. The van der Waals surface area contributed by atoms with E-state index in [1.165, 1.54) is 18.3 Å². The molecule has 2 aromatic heterocycles. The van der Waals surface area contributed by atoms with Crippen LogP contribution in [0.5, 0.6) is 0 Å². The van der Waals surface area contributed by atoms with Crippen LogP contribution in [0, 0.1) is 5.92 Å². The molecule has 0 aliphatic carbocycles. The molecule has 25 heavy (non-hydrogen) atoms. The molecule has 0 saturated carbocycles. The van der Waals surface area contributed by atoms with Crippen molar-refractivity contribution in [3.63, 3.8) is 0 Å². The molecule has 1 aliphatic rings. The number of aromatic nitrogens is 1. The maximum atomic E-state index is 13.0. The van der Waals surface area contributed by atoms with Gasteiger partial charge in [0, 0.05) is 19.2 Å². The average Bonchev–Trinajstić information content (AvgIpc) is 3.10. The first-order valence-electron chi connectivity index (χ1n) is 8.58. The van der Waals surface area contributed by atoms with Gasteiger partial charge in [0.25, 0.3) is 5.91 Å². The lowest BCUT2D eigenvalue weighted by Crippen LogP contribution is -2.40. The van der Waals surface area contributed by atoms with Crippen LogP contribution in [0.3, 0.4) is 0 Å². The molecule has 1 N–H and O–H groups in total. The van der Waals surface area contributed by atoms with E-state index < -0.39 is 5.97 Å². The first-order valence-corrected chi connectivity index (χ1v) is 8.58. The van der Waals surface area contributed by atoms with Gasteiger partial charge in [0.15, 0.2) is 0 Å². The quantitative estimate of drug-likeness (QED) is 0.918. The molecular formula is C19H22N2O4. The predicted octanol–water partition coefficient (Wildman–Crippen LogP) is 3.55. The van der Waals surface area contributed by atoms with Crippen molar-refractivity contribution in [1.82, 2.24) is 9.88 Å². The molecular weight excluding hydrogens is 320 g/mol. The van der Waals surface area contributed by atoms with Crippen LogP contribution in [0.1, 0.15) is 65.1 Å². The van der Waals surface area contributed by atoms with E-state index in [2.05, 4.69) is 11.9 Å². The predicted molar refractivity (Wildman–Crippen MR) is 91.5 cm³/mol. The highest BCUT2D eigenvalue weighted by molar-refractivity contribution is 5.96. The lowest BCUT2D eigenvalue weighted by atomic mass is 9.90. The Morgan fingerprint density at radius 1 is 1.36 bits per heavy atom. The summed E-state index contributed by atoms with van der Waals surface area (Å²) in [6.07, 6.45) is 3.89. The fourth-order valence-electron chi connectivity index (χ4n) is 3.25. The van der Waals surface area contributed by atoms with E-state index in [1.807, 2.05) is 19.1 Å². The lowest BCUT2D eigenvalue weighted by Gasteiger charge is -2.37. The molecule has 1 fully saturated rings. The Balaban J connectivity index is 1.90. The first-order chi connectivity index (χ1) is 12.0. The number of aromatic carboxylic acids is 1. The largest absolute Gasteiger partial charge is 0.478 e. The number of hydrogen-bond acceptors (Lipinski definition) is 4. The summed E-state index contributed by atoms with van der Waals surface area (Å²) in [5, 5.41) is 9.13. The van der Waals surface area contributed by atoms with Crippen LogP contribution in [-0.2, 0) is 6.42 Å². The van der Waals surface area contributed by atoms with E-state index in [4.69, 9.17) is 9.52 Å². The van der Waals surface area contributed by atoms with Gasteiger partial charge in [0.05, 0.1) is 11.6 Å². The zero-order valence-electron chi connectivity index (χ0n) is 14.4. The number of carbonyl (C=O) groups excluding carboxylic acids is 1. The molecule has 0 radical (unpaired) electrons. The van der Waals surface area contributed by atoms with Crippen LogP contribution in [0.25, 0.3) is 0 Å². The van der Waals surface area contributed by atoms with Gasteiger partial charge in [-0.25, -0.2) is 4.79 Å². The SMILES string of the molecule is CCc1ccc(C2CC(C)CCN2C(=O)c2cc(C(=O)O)ccn2)o1. The number of hydrogen-bond donors (Lipinski definition) is 1. The number of rotatable bonds is 4. The molecule has 132 valence electrons. The van der Waals surface area contributed by atoms with Gasteiger partial charge in [-0.05, 0) is 43.0 Å². The van der Waals surface area contributed by atoms with Gasteiger partial charge in [-0.3, -0.25) is 9.78 Å². The molecule has 0 bridgehead atoms. The second kappa shape index (κ2) is 7.09. The number of nitrogens with zero attached hydrogens (tertiary/aromatic N) is 2. The monoisotopic (exact) mass is 342 g/mol. The van der Waals surface area contributed by atoms with Crippen LogP contribution in [-0.4, -0.2) is 33.4 Å². The third kappa shape index (κ3) is 3.57. The van der Waals surface area contributed by atoms with E-state index in [-0.39, 0.29) is 23.2 Å².